The number of nitrogens with one attached hydrogen (secondary N) is 5. The highest BCUT2D eigenvalue weighted by Gasteiger charge is 2.38. The number of fused-ring (bicyclic) bond motifs is 1. The number of alkyl halides is 1. The number of carbonyl (C=O) groups is 7. The van der Waals surface area contributed by atoms with Gasteiger partial charge in [0.1, 0.15) is 30.0 Å². The number of likely N-dealkylation sites (tertiary alicyclic amines) is 1. The van der Waals surface area contributed by atoms with E-state index in [2.05, 4.69) is 26.3 Å². The number of aromatic nitrogens is 1. The number of rotatable bonds is 19. The molecule has 4 rings (SSSR count). The molecule has 2 heterocycles. The maximum absolute atomic E-state index is 14.3. The lowest BCUT2D eigenvalue weighted by atomic mass is 9.97. The van der Waals surface area contributed by atoms with Crippen molar-refractivity contribution in [1.29, 1.82) is 0 Å². The second kappa shape index (κ2) is 20.9. The fourth-order valence-electron chi connectivity index (χ4n) is 6.78. The standard InChI is InChI=1S/C39H51ClN8O8/c1-24-12-14-25(15-13-24)23-47(2)37(54)29(10-7-18-42-39(41)56)45-35(52)31(20-26-22-43-28-9-4-3-8-27(26)28)46-36(53)32-11-5-6-19-48(32)38(55)30(16-17-34(50)51)44-33(49)21-40/h3-4,8-9,12-15,22,29-32,43H,5-7,10-11,16-21,23H2,1-2H3,(H,44,49)(H,45,52)(H,46,53)(H,50,51)(H3,41,42,56)/t29?,30?,31?,32-/m0/s1. The van der Waals surface area contributed by atoms with E-state index in [1.165, 1.54) is 9.80 Å². The number of piperidine rings is 1. The van der Waals surface area contributed by atoms with E-state index in [1.54, 1.807) is 13.2 Å². The molecule has 7 amide bonds. The number of likely N-dealkylation sites (N-methyl/N-ethyl adjacent to an activating group) is 1. The highest BCUT2D eigenvalue weighted by atomic mass is 35.5. The smallest absolute Gasteiger partial charge is 0.312 e. The molecular formula is C39H51ClN8O8. The number of carboxylic acids is 1. The minimum Gasteiger partial charge on any atom is -0.481 e. The molecule has 0 spiro atoms. The SMILES string of the molecule is Cc1ccc(CN(C)C(=O)C(CCCNC(N)=O)NC(=O)C(Cc2c[nH]c3ccccc23)NC(=O)[C@@H]2CCCCN2C(=O)C(CCC(=O)O)NC(=O)CCl)cc1. The van der Waals surface area contributed by atoms with Crippen molar-refractivity contribution in [3.05, 3.63) is 71.4 Å². The quantitative estimate of drug-likeness (QED) is 0.0699. The molecule has 1 fully saturated rings. The van der Waals surface area contributed by atoms with Gasteiger partial charge >= 0.3 is 12.0 Å². The minimum atomic E-state index is -1.23. The van der Waals surface area contributed by atoms with Crippen LogP contribution < -0.4 is 27.0 Å². The summed E-state index contributed by atoms with van der Waals surface area (Å²) in [7, 11) is 1.63. The van der Waals surface area contributed by atoms with E-state index >= 15 is 0 Å². The Morgan fingerprint density at radius 1 is 0.964 bits per heavy atom. The number of urea groups is 1. The summed E-state index contributed by atoms with van der Waals surface area (Å²) in [5.74, 6) is -4.55. The normalized spacial score (nSPS) is 15.6. The van der Waals surface area contributed by atoms with Gasteiger partial charge in [0.2, 0.25) is 29.5 Å². The lowest BCUT2D eigenvalue weighted by molar-refractivity contribution is -0.146. The number of primary amides is 1. The third kappa shape index (κ3) is 12.4. The van der Waals surface area contributed by atoms with Gasteiger partial charge in [0.15, 0.2) is 0 Å². The lowest BCUT2D eigenvalue weighted by Gasteiger charge is -2.37. The number of hydrogen-bond donors (Lipinski definition) is 7. The molecule has 302 valence electrons. The van der Waals surface area contributed by atoms with Crippen molar-refractivity contribution in [2.75, 3.05) is 26.0 Å². The highest BCUT2D eigenvalue weighted by Crippen LogP contribution is 2.22. The largest absolute Gasteiger partial charge is 0.481 e. The van der Waals surface area contributed by atoms with Gasteiger partial charge in [-0.05, 0) is 62.6 Å². The summed E-state index contributed by atoms with van der Waals surface area (Å²) >= 11 is 5.67. The fourth-order valence-corrected chi connectivity index (χ4v) is 6.86. The Balaban J connectivity index is 1.61. The zero-order chi connectivity index (χ0) is 40.8. The maximum atomic E-state index is 14.3. The van der Waals surface area contributed by atoms with E-state index in [9.17, 15) is 38.7 Å². The van der Waals surface area contributed by atoms with Crippen LogP contribution in [0.2, 0.25) is 0 Å². The number of hydrogen-bond acceptors (Lipinski definition) is 7. The molecule has 16 nitrogen and oxygen atoms in total. The van der Waals surface area contributed by atoms with Crippen molar-refractivity contribution in [3.8, 4) is 0 Å². The Kier molecular flexibility index (Phi) is 16.1. The van der Waals surface area contributed by atoms with Crippen LogP contribution in [-0.4, -0.2) is 112 Å². The first-order valence-corrected chi connectivity index (χ1v) is 19.2. The van der Waals surface area contributed by atoms with Crippen molar-refractivity contribution in [2.45, 2.75) is 89.0 Å². The summed E-state index contributed by atoms with van der Waals surface area (Å²) in [5, 5.41) is 20.8. The lowest BCUT2D eigenvalue weighted by Crippen LogP contribution is -2.60. The number of halogens is 1. The number of carbonyl (C=O) groups excluding carboxylic acids is 6. The zero-order valence-corrected chi connectivity index (χ0v) is 32.4. The molecule has 3 unspecified atom stereocenters. The second-order valence-corrected chi connectivity index (χ2v) is 14.3. The summed E-state index contributed by atoms with van der Waals surface area (Å²) in [6.45, 7) is 2.56. The molecule has 56 heavy (non-hydrogen) atoms. The molecule has 2 aromatic carbocycles. The number of nitrogens with two attached hydrogens (primary N) is 1. The molecule has 0 aliphatic carbocycles. The molecule has 8 N–H and O–H groups in total. The zero-order valence-electron chi connectivity index (χ0n) is 31.6. The Bertz CT molecular complexity index is 1870. The molecule has 1 aliphatic heterocycles. The molecule has 0 saturated carbocycles. The average Bonchev–Trinajstić information content (AvgIpc) is 3.59. The molecule has 17 heteroatoms. The summed E-state index contributed by atoms with van der Waals surface area (Å²) in [6.07, 6.45) is 3.02. The number of aryl methyl sites for hydroxylation is 1. The Labute approximate surface area is 330 Å². The molecule has 1 aliphatic rings. The van der Waals surface area contributed by atoms with Gasteiger partial charge in [-0.15, -0.1) is 11.6 Å². The van der Waals surface area contributed by atoms with Crippen LogP contribution >= 0.6 is 11.6 Å². The number of H-pyrrole nitrogens is 1. The van der Waals surface area contributed by atoms with Crippen LogP contribution in [0.1, 0.15) is 61.6 Å². The highest BCUT2D eigenvalue weighted by molar-refractivity contribution is 6.27. The van der Waals surface area contributed by atoms with Gasteiger partial charge in [-0.25, -0.2) is 4.79 Å². The summed E-state index contributed by atoms with van der Waals surface area (Å²) in [4.78, 5) is 97.2. The number of benzene rings is 2. The van der Waals surface area contributed by atoms with E-state index < -0.39 is 72.1 Å². The molecular weight excluding hydrogens is 744 g/mol. The van der Waals surface area contributed by atoms with Crippen LogP contribution in [0.4, 0.5) is 4.79 Å². The first-order chi connectivity index (χ1) is 26.8. The average molecular weight is 795 g/mol. The number of nitrogens with zero attached hydrogens (tertiary/aromatic N) is 2. The molecule has 0 bridgehead atoms. The molecule has 4 atom stereocenters. The minimum absolute atomic E-state index is 0.0264. The maximum Gasteiger partial charge on any atom is 0.312 e. The Morgan fingerprint density at radius 3 is 2.39 bits per heavy atom. The van der Waals surface area contributed by atoms with Crippen molar-refractivity contribution in [2.24, 2.45) is 5.73 Å². The summed E-state index contributed by atoms with van der Waals surface area (Å²) < 4.78 is 0. The Hall–Kier alpha value is -5.64. The van der Waals surface area contributed by atoms with Gasteiger partial charge in [0, 0.05) is 56.6 Å². The number of aliphatic carboxylic acids is 1. The van der Waals surface area contributed by atoms with E-state index in [4.69, 9.17) is 17.3 Å². The van der Waals surface area contributed by atoms with Crippen LogP contribution in [0.5, 0.6) is 0 Å². The van der Waals surface area contributed by atoms with Gasteiger partial charge in [-0.1, -0.05) is 48.0 Å². The van der Waals surface area contributed by atoms with E-state index in [-0.39, 0.29) is 51.2 Å². The Morgan fingerprint density at radius 2 is 1.70 bits per heavy atom. The van der Waals surface area contributed by atoms with Crippen molar-refractivity contribution >= 4 is 64.0 Å². The summed E-state index contributed by atoms with van der Waals surface area (Å²) in [6, 6.07) is 9.93. The number of amides is 7. The number of para-hydroxylation sites is 1. The van der Waals surface area contributed by atoms with Crippen LogP contribution in [0.15, 0.2) is 54.7 Å². The van der Waals surface area contributed by atoms with Gasteiger partial charge in [-0.3, -0.25) is 28.8 Å². The van der Waals surface area contributed by atoms with E-state index in [0.717, 1.165) is 27.6 Å². The fraction of sp³-hybridized carbons (Fsp3) is 0.462. The van der Waals surface area contributed by atoms with Crippen LogP contribution in [0.25, 0.3) is 10.9 Å². The van der Waals surface area contributed by atoms with Crippen molar-refractivity contribution in [1.82, 2.24) is 36.1 Å². The molecule has 3 aromatic rings. The van der Waals surface area contributed by atoms with Gasteiger partial charge in [0.25, 0.3) is 0 Å². The predicted octanol–water partition coefficient (Wildman–Crippen LogP) is 2.07. The van der Waals surface area contributed by atoms with Gasteiger partial charge in [0.05, 0.1) is 0 Å². The van der Waals surface area contributed by atoms with Gasteiger partial charge in [-0.2, -0.15) is 0 Å². The van der Waals surface area contributed by atoms with Crippen molar-refractivity contribution < 1.29 is 38.7 Å². The first kappa shape index (κ1) is 43.1. The number of carboxylic acid groups (broad SMARTS) is 1. The predicted molar refractivity (Wildman–Crippen MR) is 209 cm³/mol. The second-order valence-electron chi connectivity index (χ2n) is 14.0. The number of aromatic amines is 1. The first-order valence-electron chi connectivity index (χ1n) is 18.6. The monoisotopic (exact) mass is 794 g/mol. The third-order valence-corrected chi connectivity index (χ3v) is 9.96. The third-order valence-electron chi connectivity index (χ3n) is 9.72. The molecule has 1 aromatic heterocycles. The van der Waals surface area contributed by atoms with Crippen LogP contribution in [0, 0.1) is 6.92 Å². The van der Waals surface area contributed by atoms with E-state index in [0.29, 0.717) is 19.3 Å². The van der Waals surface area contributed by atoms with Gasteiger partial charge < -0.3 is 46.9 Å². The van der Waals surface area contributed by atoms with Crippen molar-refractivity contribution in [3.63, 3.8) is 0 Å². The van der Waals surface area contributed by atoms with E-state index in [1.807, 2.05) is 55.5 Å². The molecule has 0 radical (unpaired) electrons. The van der Waals surface area contributed by atoms with Crippen LogP contribution in [0.3, 0.4) is 0 Å². The topological polar surface area (TPSA) is 236 Å². The molecule has 1 saturated heterocycles. The summed E-state index contributed by atoms with van der Waals surface area (Å²) in [5.41, 5.74) is 8.72. The van der Waals surface area contributed by atoms with Crippen LogP contribution in [-0.2, 0) is 41.7 Å².